The molecule has 1 saturated carbocycles. The molecule has 31 heavy (non-hydrogen) atoms. The predicted molar refractivity (Wildman–Crippen MR) is 122 cm³/mol. The van der Waals surface area contributed by atoms with Crippen LogP contribution >= 0.6 is 23.2 Å². The number of aliphatic hydroxyl groups excluding tert-OH is 1. The smallest absolute Gasteiger partial charge is 0.321 e. The lowest BCUT2D eigenvalue weighted by Crippen LogP contribution is -2.46. The molecule has 4 rings (SSSR count). The Morgan fingerprint density at radius 2 is 1.90 bits per heavy atom. The molecule has 9 heteroatoms. The molecule has 1 atom stereocenters. The van der Waals surface area contributed by atoms with Gasteiger partial charge in [0.1, 0.15) is 0 Å². The van der Waals surface area contributed by atoms with Crippen LogP contribution in [0.1, 0.15) is 32.1 Å². The number of piperidine rings is 1. The van der Waals surface area contributed by atoms with E-state index in [9.17, 15) is 14.7 Å². The van der Waals surface area contributed by atoms with Gasteiger partial charge in [0, 0.05) is 44.8 Å². The fourth-order valence-corrected chi connectivity index (χ4v) is 4.89. The van der Waals surface area contributed by atoms with E-state index < -0.39 is 0 Å². The van der Waals surface area contributed by atoms with Crippen molar-refractivity contribution in [2.24, 2.45) is 5.41 Å². The summed E-state index contributed by atoms with van der Waals surface area (Å²) in [7, 11) is 0. The first-order chi connectivity index (χ1) is 14.9. The summed E-state index contributed by atoms with van der Waals surface area (Å²) in [6, 6.07) is 4.70. The van der Waals surface area contributed by atoms with Gasteiger partial charge in [0.2, 0.25) is 5.91 Å². The number of nitrogens with zero attached hydrogens (tertiary/aromatic N) is 3. The number of carbonyl (C=O) groups is 2. The number of hydrogen-bond donors (Lipinski definition) is 2. The van der Waals surface area contributed by atoms with Gasteiger partial charge in [0.15, 0.2) is 0 Å². The van der Waals surface area contributed by atoms with Crippen LogP contribution < -0.4 is 5.32 Å². The Kier molecular flexibility index (Phi) is 6.96. The van der Waals surface area contributed by atoms with Gasteiger partial charge in [-0.25, -0.2) is 4.79 Å². The highest BCUT2D eigenvalue weighted by molar-refractivity contribution is 6.42. The van der Waals surface area contributed by atoms with Crippen LogP contribution in [0.5, 0.6) is 0 Å². The van der Waals surface area contributed by atoms with E-state index in [1.54, 1.807) is 23.1 Å². The molecular weight excluding hydrogens is 439 g/mol. The average molecular weight is 469 g/mol. The molecule has 0 radical (unpaired) electrons. The van der Waals surface area contributed by atoms with Crippen LogP contribution in [-0.2, 0) is 4.79 Å². The maximum absolute atomic E-state index is 12.6. The van der Waals surface area contributed by atoms with Crippen molar-refractivity contribution < 1.29 is 14.7 Å². The van der Waals surface area contributed by atoms with E-state index in [0.717, 1.165) is 32.5 Å². The van der Waals surface area contributed by atoms with Crippen molar-refractivity contribution in [2.45, 2.75) is 38.2 Å². The third kappa shape index (κ3) is 5.45. The number of anilines is 1. The normalized spacial score (nSPS) is 23.7. The number of β-amino-alcohol motifs (C(OH)–C–C–N with tert-alkyl or cyclic N) is 1. The molecule has 3 fully saturated rings. The molecule has 1 aromatic rings. The quantitative estimate of drug-likeness (QED) is 0.694. The number of benzene rings is 1. The van der Waals surface area contributed by atoms with Gasteiger partial charge in [0.25, 0.3) is 0 Å². The van der Waals surface area contributed by atoms with Crippen molar-refractivity contribution in [3.63, 3.8) is 0 Å². The predicted octanol–water partition coefficient (Wildman–Crippen LogP) is 3.30. The molecule has 3 aliphatic rings. The van der Waals surface area contributed by atoms with Crippen LogP contribution in [0.15, 0.2) is 18.2 Å². The molecule has 1 aliphatic carbocycles. The first-order valence-corrected chi connectivity index (χ1v) is 11.8. The summed E-state index contributed by atoms with van der Waals surface area (Å²) in [4.78, 5) is 31.0. The molecule has 2 saturated heterocycles. The van der Waals surface area contributed by atoms with Gasteiger partial charge in [-0.3, -0.25) is 4.79 Å². The van der Waals surface area contributed by atoms with Crippen LogP contribution in [0.25, 0.3) is 0 Å². The van der Waals surface area contributed by atoms with Crippen LogP contribution in [0.2, 0.25) is 10.0 Å². The van der Waals surface area contributed by atoms with Crippen molar-refractivity contribution in [3.8, 4) is 0 Å². The molecule has 170 valence electrons. The summed E-state index contributed by atoms with van der Waals surface area (Å²) >= 11 is 11.9. The lowest BCUT2D eigenvalue weighted by Gasteiger charge is -2.36. The summed E-state index contributed by atoms with van der Waals surface area (Å²) in [6.07, 6.45) is 4.41. The molecular formula is C22H30Cl2N4O3. The molecule has 0 unspecified atom stereocenters. The third-order valence-electron chi connectivity index (χ3n) is 6.90. The Labute approximate surface area is 193 Å². The van der Waals surface area contributed by atoms with Crippen molar-refractivity contribution in [2.75, 3.05) is 51.1 Å². The Hall–Kier alpha value is -1.54. The molecule has 3 amide bonds. The summed E-state index contributed by atoms with van der Waals surface area (Å²) in [5, 5.41) is 14.0. The number of urea groups is 1. The summed E-state index contributed by atoms with van der Waals surface area (Å²) < 4.78 is 0. The fourth-order valence-electron chi connectivity index (χ4n) is 4.59. The molecule has 2 N–H and O–H groups in total. The molecule has 7 nitrogen and oxygen atoms in total. The van der Waals surface area contributed by atoms with Gasteiger partial charge in [-0.1, -0.05) is 23.2 Å². The van der Waals surface area contributed by atoms with Crippen molar-refractivity contribution in [1.82, 2.24) is 14.7 Å². The Morgan fingerprint density at radius 3 is 2.61 bits per heavy atom. The van der Waals surface area contributed by atoms with Gasteiger partial charge in [0.05, 0.1) is 16.1 Å². The second-order valence-corrected chi connectivity index (χ2v) is 9.77. The number of carbonyl (C=O) groups excluding carboxylic acids is 2. The molecule has 1 spiro atoms. The van der Waals surface area contributed by atoms with Gasteiger partial charge in [-0.05, 0) is 62.4 Å². The Balaban J connectivity index is 1.22. The van der Waals surface area contributed by atoms with E-state index in [1.165, 1.54) is 12.8 Å². The van der Waals surface area contributed by atoms with E-state index in [-0.39, 0.29) is 23.5 Å². The maximum atomic E-state index is 12.6. The van der Waals surface area contributed by atoms with Crippen molar-refractivity contribution >= 4 is 40.8 Å². The number of nitrogens with one attached hydrogen (secondary N) is 1. The Morgan fingerprint density at radius 1 is 1.10 bits per heavy atom. The number of amides is 3. The topological polar surface area (TPSA) is 76.1 Å². The monoisotopic (exact) mass is 468 g/mol. The Bertz CT molecular complexity index is 833. The van der Waals surface area contributed by atoms with Gasteiger partial charge >= 0.3 is 6.03 Å². The highest BCUT2D eigenvalue weighted by atomic mass is 35.5. The maximum Gasteiger partial charge on any atom is 0.321 e. The molecule has 1 aromatic carbocycles. The highest BCUT2D eigenvalue weighted by Crippen LogP contribution is 2.53. The number of likely N-dealkylation sites (tertiary alicyclic amines) is 1. The largest absolute Gasteiger partial charge is 0.391 e. The minimum Gasteiger partial charge on any atom is -0.391 e. The minimum atomic E-state index is -0.246. The van der Waals surface area contributed by atoms with Crippen LogP contribution in [0.4, 0.5) is 10.5 Å². The van der Waals surface area contributed by atoms with Gasteiger partial charge in [-0.2, -0.15) is 0 Å². The standard InChI is InChI=1S/C22H30Cl2N4O3/c23-17-3-2-16(14-18(17)24)25-21(31)28-10-4-20(30)27(12-13-28)9-1-8-26-11-7-22(5-6-22)19(29)15-26/h2-3,14,19,29H,1,4-13,15H2,(H,25,31)/t19-/m1/s1. The number of halogens is 2. The van der Waals surface area contributed by atoms with E-state index in [2.05, 4.69) is 10.2 Å². The van der Waals surface area contributed by atoms with E-state index in [0.29, 0.717) is 48.3 Å². The number of aliphatic hydroxyl groups is 1. The zero-order chi connectivity index (χ0) is 22.0. The van der Waals surface area contributed by atoms with E-state index in [1.807, 2.05) is 4.90 Å². The summed E-state index contributed by atoms with van der Waals surface area (Å²) in [5.41, 5.74) is 0.794. The second kappa shape index (κ2) is 9.53. The average Bonchev–Trinajstić information content (AvgIpc) is 3.54. The third-order valence-corrected chi connectivity index (χ3v) is 7.64. The van der Waals surface area contributed by atoms with E-state index in [4.69, 9.17) is 23.2 Å². The highest BCUT2D eigenvalue weighted by Gasteiger charge is 2.51. The van der Waals surface area contributed by atoms with E-state index >= 15 is 0 Å². The minimum absolute atomic E-state index is 0.0837. The van der Waals surface area contributed by atoms with Gasteiger partial charge in [-0.15, -0.1) is 0 Å². The fraction of sp³-hybridized carbons (Fsp3) is 0.636. The zero-order valence-electron chi connectivity index (χ0n) is 17.7. The lowest BCUT2D eigenvalue weighted by molar-refractivity contribution is -0.130. The molecule has 0 aromatic heterocycles. The van der Waals surface area contributed by atoms with Crippen LogP contribution in [0, 0.1) is 5.41 Å². The molecule has 2 heterocycles. The SMILES string of the molecule is O=C1CCN(C(=O)Nc2ccc(Cl)c(Cl)c2)CCN1CCCN1CCC2(CC2)[C@H](O)C1. The number of rotatable bonds is 5. The first kappa shape index (κ1) is 22.6. The van der Waals surface area contributed by atoms with Crippen LogP contribution in [0.3, 0.4) is 0 Å². The number of hydrogen-bond acceptors (Lipinski definition) is 4. The van der Waals surface area contributed by atoms with Crippen LogP contribution in [-0.4, -0.2) is 83.7 Å². The van der Waals surface area contributed by atoms with Crippen molar-refractivity contribution in [1.29, 1.82) is 0 Å². The molecule has 0 bridgehead atoms. The summed E-state index contributed by atoms with van der Waals surface area (Å²) in [6.45, 7) is 4.76. The zero-order valence-corrected chi connectivity index (χ0v) is 19.2. The summed E-state index contributed by atoms with van der Waals surface area (Å²) in [5.74, 6) is 0.0837. The lowest BCUT2D eigenvalue weighted by atomic mass is 9.90. The second-order valence-electron chi connectivity index (χ2n) is 8.96. The first-order valence-electron chi connectivity index (χ1n) is 11.1. The molecule has 2 aliphatic heterocycles. The van der Waals surface area contributed by atoms with Crippen molar-refractivity contribution in [3.05, 3.63) is 28.2 Å². The van der Waals surface area contributed by atoms with Gasteiger partial charge < -0.3 is 25.1 Å².